The average Bonchev–Trinajstić information content (AvgIpc) is 3.14. The fraction of sp³-hybridized carbons (Fsp3) is 0.450. The molecule has 8 heteroatoms. The Hall–Kier alpha value is -2.03. The van der Waals surface area contributed by atoms with E-state index in [4.69, 9.17) is 0 Å². The second kappa shape index (κ2) is 8.98. The zero-order valence-corrected chi connectivity index (χ0v) is 16.8. The van der Waals surface area contributed by atoms with Crippen molar-refractivity contribution in [3.63, 3.8) is 0 Å². The Morgan fingerprint density at radius 3 is 2.54 bits per heavy atom. The first kappa shape index (κ1) is 20.7. The number of anilines is 1. The molecular weight excluding hydrogens is 384 g/mol. The van der Waals surface area contributed by atoms with E-state index in [0.29, 0.717) is 35.0 Å². The molecule has 0 radical (unpaired) electrons. The number of nitrogens with one attached hydrogen (secondary N) is 1. The van der Waals surface area contributed by atoms with Crippen LogP contribution in [-0.4, -0.2) is 53.3 Å². The lowest BCUT2D eigenvalue weighted by Crippen LogP contribution is -2.50. The maximum Gasteiger partial charge on any atom is 0.222 e. The Bertz CT molecular complexity index is 801. The molecule has 2 heterocycles. The van der Waals surface area contributed by atoms with Crippen LogP contribution < -0.4 is 5.32 Å². The van der Waals surface area contributed by atoms with Crippen LogP contribution in [0.25, 0.3) is 10.4 Å². The fourth-order valence-electron chi connectivity index (χ4n) is 3.44. The molecule has 1 fully saturated rings. The number of aliphatic hydroxyl groups excluding tert-OH is 1. The Balaban J connectivity index is 1.58. The number of benzene rings is 1. The maximum absolute atomic E-state index is 13.4. The molecule has 0 aliphatic carbocycles. The molecule has 5 nitrogen and oxygen atoms in total. The summed E-state index contributed by atoms with van der Waals surface area (Å²) < 4.78 is 26.8. The first-order valence-electron chi connectivity index (χ1n) is 9.38. The van der Waals surface area contributed by atoms with E-state index in [-0.39, 0.29) is 11.9 Å². The van der Waals surface area contributed by atoms with Gasteiger partial charge < -0.3 is 15.3 Å². The second-order valence-electron chi connectivity index (χ2n) is 6.97. The van der Waals surface area contributed by atoms with Gasteiger partial charge in [-0.3, -0.25) is 9.69 Å². The zero-order valence-electron chi connectivity index (χ0n) is 16.0. The lowest BCUT2D eigenvalue weighted by molar-refractivity contribution is -0.132. The summed E-state index contributed by atoms with van der Waals surface area (Å²) in [6.07, 6.45) is 1.23. The second-order valence-corrected chi connectivity index (χ2v) is 8.05. The number of carbonyl (C=O) groups is 1. The van der Waals surface area contributed by atoms with Crippen LogP contribution in [0.15, 0.2) is 30.3 Å². The van der Waals surface area contributed by atoms with Gasteiger partial charge in [-0.2, -0.15) is 0 Å². The highest BCUT2D eigenvalue weighted by atomic mass is 32.1. The van der Waals surface area contributed by atoms with Gasteiger partial charge in [0.15, 0.2) is 6.35 Å². The number of hydrogen-bond acceptors (Lipinski definition) is 5. The molecule has 0 spiro atoms. The minimum atomic E-state index is -0.894. The van der Waals surface area contributed by atoms with Crippen LogP contribution in [0.2, 0.25) is 0 Å². The lowest BCUT2D eigenvalue weighted by Gasteiger charge is -2.38. The number of likely N-dealkylation sites (tertiary alicyclic amines) is 1. The van der Waals surface area contributed by atoms with Gasteiger partial charge in [-0.15, -0.1) is 11.3 Å². The molecule has 2 N–H and O–H groups in total. The number of halogens is 2. The molecule has 1 unspecified atom stereocenters. The smallest absolute Gasteiger partial charge is 0.222 e. The number of aliphatic hydroxyl groups is 1. The summed E-state index contributed by atoms with van der Waals surface area (Å²) in [5, 5.41) is 14.3. The summed E-state index contributed by atoms with van der Waals surface area (Å²) in [5.41, 5.74) is 0.464. The van der Waals surface area contributed by atoms with Crippen molar-refractivity contribution in [1.82, 2.24) is 9.80 Å². The van der Waals surface area contributed by atoms with Crippen molar-refractivity contribution in [2.75, 3.05) is 25.5 Å². The van der Waals surface area contributed by atoms with Gasteiger partial charge in [-0.05, 0) is 49.7 Å². The monoisotopic (exact) mass is 409 g/mol. The van der Waals surface area contributed by atoms with E-state index < -0.39 is 18.0 Å². The number of nitrogens with zero attached hydrogens (tertiary/aromatic N) is 2. The zero-order chi connectivity index (χ0) is 20.3. The van der Waals surface area contributed by atoms with E-state index in [2.05, 4.69) is 5.32 Å². The van der Waals surface area contributed by atoms with Gasteiger partial charge in [0.2, 0.25) is 5.91 Å². The third kappa shape index (κ3) is 4.87. The van der Waals surface area contributed by atoms with Gasteiger partial charge in [0.05, 0.1) is 5.00 Å². The maximum atomic E-state index is 13.4. The van der Waals surface area contributed by atoms with E-state index in [9.17, 15) is 18.7 Å². The number of carbonyl (C=O) groups excluding carboxylic acids is 1. The van der Waals surface area contributed by atoms with Crippen LogP contribution in [0, 0.1) is 11.6 Å². The summed E-state index contributed by atoms with van der Waals surface area (Å²) in [4.78, 5) is 16.2. The Kier molecular flexibility index (Phi) is 6.64. The van der Waals surface area contributed by atoms with Crippen molar-refractivity contribution in [3.8, 4) is 10.4 Å². The molecule has 2 aromatic rings. The highest BCUT2D eigenvalue weighted by molar-refractivity contribution is 7.19. The van der Waals surface area contributed by atoms with E-state index in [1.807, 2.05) is 23.8 Å². The number of thiophene rings is 1. The summed E-state index contributed by atoms with van der Waals surface area (Å²) >= 11 is 1.32. The first-order valence-corrected chi connectivity index (χ1v) is 10.2. The molecule has 1 amide bonds. The molecule has 1 aliphatic heterocycles. The molecule has 0 saturated carbocycles. The largest absolute Gasteiger partial charge is 0.361 e. The van der Waals surface area contributed by atoms with Crippen molar-refractivity contribution in [3.05, 3.63) is 42.0 Å². The van der Waals surface area contributed by atoms with Gasteiger partial charge in [0, 0.05) is 36.5 Å². The summed E-state index contributed by atoms with van der Waals surface area (Å²) in [5.74, 6) is -1.07. The third-order valence-electron chi connectivity index (χ3n) is 5.11. The van der Waals surface area contributed by atoms with E-state index in [0.717, 1.165) is 18.9 Å². The van der Waals surface area contributed by atoms with Crippen LogP contribution in [0.5, 0.6) is 0 Å². The number of amides is 1. The summed E-state index contributed by atoms with van der Waals surface area (Å²) in [6.45, 7) is 3.26. The Morgan fingerprint density at radius 2 is 1.93 bits per heavy atom. The Labute approximate surface area is 167 Å². The van der Waals surface area contributed by atoms with Crippen molar-refractivity contribution < 1.29 is 18.7 Å². The predicted octanol–water partition coefficient (Wildman–Crippen LogP) is 3.71. The third-order valence-corrected chi connectivity index (χ3v) is 6.17. The van der Waals surface area contributed by atoms with E-state index >= 15 is 0 Å². The van der Waals surface area contributed by atoms with Crippen LogP contribution >= 0.6 is 11.3 Å². The normalized spacial score (nSPS) is 16.4. The van der Waals surface area contributed by atoms with Crippen LogP contribution in [0.1, 0.15) is 26.2 Å². The van der Waals surface area contributed by atoms with Crippen LogP contribution in [0.3, 0.4) is 0 Å². The molecule has 1 aromatic carbocycles. The van der Waals surface area contributed by atoms with Crippen molar-refractivity contribution >= 4 is 22.2 Å². The average molecular weight is 410 g/mol. The van der Waals surface area contributed by atoms with Gasteiger partial charge in [0.25, 0.3) is 0 Å². The Morgan fingerprint density at radius 1 is 1.29 bits per heavy atom. The number of rotatable bonds is 6. The van der Waals surface area contributed by atoms with E-state index in [1.165, 1.54) is 23.5 Å². The quantitative estimate of drug-likeness (QED) is 0.714. The SMILES string of the molecule is CCC(=O)N1CCC(N(C)C(O)Nc2ccc(-c3cc(F)cc(F)c3)s2)CC1. The van der Waals surface area contributed by atoms with Crippen LogP contribution in [-0.2, 0) is 4.79 Å². The van der Waals surface area contributed by atoms with Crippen molar-refractivity contribution in [2.45, 2.75) is 38.6 Å². The molecular formula is C20H25F2N3O2S. The molecule has 1 aliphatic rings. The first-order chi connectivity index (χ1) is 13.4. The van der Waals surface area contributed by atoms with Crippen molar-refractivity contribution in [2.24, 2.45) is 0 Å². The summed E-state index contributed by atoms with van der Waals surface area (Å²) in [6, 6.07) is 7.12. The highest BCUT2D eigenvalue weighted by Crippen LogP contribution is 2.32. The topological polar surface area (TPSA) is 55.8 Å². The molecule has 152 valence electrons. The summed E-state index contributed by atoms with van der Waals surface area (Å²) in [7, 11) is 1.84. The fourth-order valence-corrected chi connectivity index (χ4v) is 4.35. The standard InChI is InChI=1S/C20H25F2N3O2S/c1-3-19(26)25-8-6-16(7-9-25)24(2)20(27)23-18-5-4-17(28-18)13-10-14(21)12-15(22)11-13/h4-5,10-12,16,20,23,27H,3,6-9H2,1-2H3. The van der Waals surface area contributed by atoms with Gasteiger partial charge in [-0.1, -0.05) is 6.92 Å². The minimum absolute atomic E-state index is 0.166. The predicted molar refractivity (Wildman–Crippen MR) is 107 cm³/mol. The van der Waals surface area contributed by atoms with Gasteiger partial charge in [-0.25, -0.2) is 8.78 Å². The van der Waals surface area contributed by atoms with Gasteiger partial charge in [0.1, 0.15) is 11.6 Å². The van der Waals surface area contributed by atoms with Crippen LogP contribution in [0.4, 0.5) is 13.8 Å². The minimum Gasteiger partial charge on any atom is -0.361 e. The number of piperidine rings is 1. The molecule has 28 heavy (non-hydrogen) atoms. The molecule has 3 rings (SSSR count). The molecule has 1 aromatic heterocycles. The molecule has 1 atom stereocenters. The lowest BCUT2D eigenvalue weighted by atomic mass is 10.0. The number of hydrogen-bond donors (Lipinski definition) is 2. The molecule has 0 bridgehead atoms. The molecule has 1 saturated heterocycles. The van der Waals surface area contributed by atoms with E-state index in [1.54, 1.807) is 12.1 Å². The highest BCUT2D eigenvalue weighted by Gasteiger charge is 2.27. The van der Waals surface area contributed by atoms with Gasteiger partial charge >= 0.3 is 0 Å². The van der Waals surface area contributed by atoms with Crippen molar-refractivity contribution in [1.29, 1.82) is 0 Å².